The van der Waals surface area contributed by atoms with Crippen molar-refractivity contribution >= 4 is 11.6 Å². The maximum atomic E-state index is 11.5. The summed E-state index contributed by atoms with van der Waals surface area (Å²) in [7, 11) is 0. The molecule has 16 heavy (non-hydrogen) atoms. The molecule has 0 heterocycles. The Labute approximate surface area is 96.8 Å². The number of ether oxygens (including phenoxy) is 1. The van der Waals surface area contributed by atoms with Crippen LogP contribution in [0.1, 0.15) is 27.7 Å². The molecule has 1 aromatic rings. The molecule has 0 unspecified atom stereocenters. The number of nitrogens with one attached hydrogen (secondary N) is 1. The molecule has 1 aromatic carbocycles. The van der Waals surface area contributed by atoms with Gasteiger partial charge >= 0.3 is 0 Å². The molecule has 0 aliphatic carbocycles. The molecule has 0 spiro atoms. The first-order valence-electron chi connectivity index (χ1n) is 5.56. The fraction of sp³-hybridized carbons (Fsp3) is 0.462. The minimum Gasteiger partial charge on any atom is -0.491 e. The van der Waals surface area contributed by atoms with Crippen LogP contribution in [-0.4, -0.2) is 12.0 Å². The van der Waals surface area contributed by atoms with E-state index in [-0.39, 0.29) is 17.9 Å². The van der Waals surface area contributed by atoms with E-state index in [1.54, 1.807) is 0 Å². The van der Waals surface area contributed by atoms with Crippen molar-refractivity contribution in [1.82, 2.24) is 0 Å². The summed E-state index contributed by atoms with van der Waals surface area (Å²) >= 11 is 0. The Morgan fingerprint density at radius 2 is 1.94 bits per heavy atom. The highest BCUT2D eigenvalue weighted by Gasteiger charge is 2.07. The lowest BCUT2D eigenvalue weighted by atomic mass is 10.2. The molecule has 0 saturated heterocycles. The Morgan fingerprint density at radius 3 is 2.50 bits per heavy atom. The second-order valence-corrected chi connectivity index (χ2v) is 4.34. The molecule has 3 nitrogen and oxygen atoms in total. The quantitative estimate of drug-likeness (QED) is 0.848. The third kappa shape index (κ3) is 3.93. The van der Waals surface area contributed by atoms with E-state index in [1.165, 1.54) is 0 Å². The van der Waals surface area contributed by atoms with E-state index in [2.05, 4.69) is 5.32 Å². The maximum absolute atomic E-state index is 11.5. The van der Waals surface area contributed by atoms with Gasteiger partial charge in [0.05, 0.1) is 6.10 Å². The standard InChI is InChI=1S/C13H19NO2/c1-9(2)13(15)14-11-6-5-7-12(8-11)16-10(3)4/h5-10H,1-4H3,(H,14,15). The van der Waals surface area contributed by atoms with Gasteiger partial charge in [-0.15, -0.1) is 0 Å². The third-order valence-electron chi connectivity index (χ3n) is 2.00. The van der Waals surface area contributed by atoms with Crippen LogP contribution < -0.4 is 10.1 Å². The SMILES string of the molecule is CC(C)Oc1cccc(NC(=O)C(C)C)c1. The minimum atomic E-state index is -0.0188. The van der Waals surface area contributed by atoms with Crippen molar-refractivity contribution in [2.75, 3.05) is 5.32 Å². The van der Waals surface area contributed by atoms with Gasteiger partial charge in [-0.25, -0.2) is 0 Å². The predicted molar refractivity (Wildman–Crippen MR) is 65.7 cm³/mol. The number of benzene rings is 1. The first-order chi connectivity index (χ1) is 7.49. The third-order valence-corrected chi connectivity index (χ3v) is 2.00. The van der Waals surface area contributed by atoms with Crippen molar-refractivity contribution in [2.24, 2.45) is 5.92 Å². The molecule has 0 aliphatic rings. The van der Waals surface area contributed by atoms with Crippen LogP contribution in [0.15, 0.2) is 24.3 Å². The monoisotopic (exact) mass is 221 g/mol. The van der Waals surface area contributed by atoms with Gasteiger partial charge in [-0.2, -0.15) is 0 Å². The predicted octanol–water partition coefficient (Wildman–Crippen LogP) is 3.07. The minimum absolute atomic E-state index is 0.0155. The largest absolute Gasteiger partial charge is 0.491 e. The van der Waals surface area contributed by atoms with Crippen molar-refractivity contribution in [3.8, 4) is 5.75 Å². The van der Waals surface area contributed by atoms with Gasteiger partial charge in [0.15, 0.2) is 0 Å². The average molecular weight is 221 g/mol. The Hall–Kier alpha value is -1.51. The van der Waals surface area contributed by atoms with Gasteiger partial charge in [-0.1, -0.05) is 19.9 Å². The maximum Gasteiger partial charge on any atom is 0.226 e. The Morgan fingerprint density at radius 1 is 1.25 bits per heavy atom. The first kappa shape index (κ1) is 12.6. The molecule has 0 aromatic heterocycles. The van der Waals surface area contributed by atoms with Gasteiger partial charge in [0.1, 0.15) is 5.75 Å². The summed E-state index contributed by atoms with van der Waals surface area (Å²) in [6, 6.07) is 7.44. The van der Waals surface area contributed by atoms with Gasteiger partial charge in [-0.3, -0.25) is 4.79 Å². The lowest BCUT2D eigenvalue weighted by Gasteiger charge is -2.12. The van der Waals surface area contributed by atoms with Crippen LogP contribution in [0.5, 0.6) is 5.75 Å². The highest BCUT2D eigenvalue weighted by Crippen LogP contribution is 2.18. The fourth-order valence-electron chi connectivity index (χ4n) is 1.21. The molecular weight excluding hydrogens is 202 g/mol. The zero-order valence-corrected chi connectivity index (χ0v) is 10.3. The zero-order valence-electron chi connectivity index (χ0n) is 10.3. The molecular formula is C13H19NO2. The first-order valence-corrected chi connectivity index (χ1v) is 5.56. The van der Waals surface area contributed by atoms with E-state index in [0.717, 1.165) is 11.4 Å². The van der Waals surface area contributed by atoms with Crippen LogP contribution in [-0.2, 0) is 4.79 Å². The average Bonchev–Trinajstić information content (AvgIpc) is 2.16. The second kappa shape index (κ2) is 5.54. The molecule has 1 N–H and O–H groups in total. The Bertz CT molecular complexity index is 359. The van der Waals surface area contributed by atoms with E-state index in [0.29, 0.717) is 0 Å². The number of hydrogen-bond acceptors (Lipinski definition) is 2. The highest BCUT2D eigenvalue weighted by atomic mass is 16.5. The van der Waals surface area contributed by atoms with Crippen molar-refractivity contribution in [2.45, 2.75) is 33.8 Å². The van der Waals surface area contributed by atoms with Gasteiger partial charge in [0.25, 0.3) is 0 Å². The Kier molecular flexibility index (Phi) is 4.35. The lowest BCUT2D eigenvalue weighted by molar-refractivity contribution is -0.118. The van der Waals surface area contributed by atoms with Gasteiger partial charge < -0.3 is 10.1 Å². The van der Waals surface area contributed by atoms with Crippen molar-refractivity contribution < 1.29 is 9.53 Å². The van der Waals surface area contributed by atoms with Crippen LogP contribution in [0.25, 0.3) is 0 Å². The molecule has 0 saturated carbocycles. The highest BCUT2D eigenvalue weighted by molar-refractivity contribution is 5.92. The molecule has 0 radical (unpaired) electrons. The van der Waals surface area contributed by atoms with Crippen molar-refractivity contribution in [1.29, 1.82) is 0 Å². The number of hydrogen-bond donors (Lipinski definition) is 1. The molecule has 0 atom stereocenters. The molecule has 1 rings (SSSR count). The summed E-state index contributed by atoms with van der Waals surface area (Å²) in [4.78, 5) is 11.5. The van der Waals surface area contributed by atoms with Crippen LogP contribution in [0.4, 0.5) is 5.69 Å². The number of anilines is 1. The van der Waals surface area contributed by atoms with Crippen molar-refractivity contribution in [3.05, 3.63) is 24.3 Å². The van der Waals surface area contributed by atoms with Crippen LogP contribution >= 0.6 is 0 Å². The van der Waals surface area contributed by atoms with E-state index < -0.39 is 0 Å². The van der Waals surface area contributed by atoms with E-state index in [1.807, 2.05) is 52.0 Å². The van der Waals surface area contributed by atoms with Gasteiger partial charge in [0, 0.05) is 17.7 Å². The van der Waals surface area contributed by atoms with Crippen molar-refractivity contribution in [3.63, 3.8) is 0 Å². The van der Waals surface area contributed by atoms with Gasteiger partial charge in [-0.05, 0) is 26.0 Å². The van der Waals surface area contributed by atoms with E-state index in [9.17, 15) is 4.79 Å². The second-order valence-electron chi connectivity index (χ2n) is 4.34. The van der Waals surface area contributed by atoms with Crippen LogP contribution in [0, 0.1) is 5.92 Å². The Balaban J connectivity index is 2.71. The van der Waals surface area contributed by atoms with Crippen LogP contribution in [0.2, 0.25) is 0 Å². The van der Waals surface area contributed by atoms with E-state index in [4.69, 9.17) is 4.74 Å². The summed E-state index contributed by atoms with van der Waals surface area (Å²) in [5, 5.41) is 2.84. The lowest BCUT2D eigenvalue weighted by Crippen LogP contribution is -2.17. The number of carbonyl (C=O) groups excluding carboxylic acids is 1. The number of amides is 1. The molecule has 1 amide bonds. The topological polar surface area (TPSA) is 38.3 Å². The van der Waals surface area contributed by atoms with E-state index >= 15 is 0 Å². The molecule has 3 heteroatoms. The molecule has 0 bridgehead atoms. The molecule has 0 fully saturated rings. The fourth-order valence-corrected chi connectivity index (χ4v) is 1.21. The molecule has 0 aliphatic heterocycles. The molecule has 88 valence electrons. The zero-order chi connectivity index (χ0) is 12.1. The normalized spacial score (nSPS) is 10.6. The summed E-state index contributed by atoms with van der Waals surface area (Å²) < 4.78 is 5.55. The van der Waals surface area contributed by atoms with Gasteiger partial charge in [0.2, 0.25) is 5.91 Å². The smallest absolute Gasteiger partial charge is 0.226 e. The van der Waals surface area contributed by atoms with Crippen LogP contribution in [0.3, 0.4) is 0 Å². The summed E-state index contributed by atoms with van der Waals surface area (Å²) in [5.74, 6) is 0.771. The summed E-state index contributed by atoms with van der Waals surface area (Å²) in [6.45, 7) is 7.67. The summed E-state index contributed by atoms with van der Waals surface area (Å²) in [5.41, 5.74) is 0.775. The number of rotatable bonds is 4. The summed E-state index contributed by atoms with van der Waals surface area (Å²) in [6.07, 6.45) is 0.135. The number of carbonyl (C=O) groups is 1.